The number of carbonyl (C=O) groups excluding carboxylic acids is 1. The Morgan fingerprint density at radius 2 is 2.11 bits per heavy atom. The van der Waals surface area contributed by atoms with Gasteiger partial charge in [-0.05, 0) is 43.2 Å². The zero-order valence-corrected chi connectivity index (χ0v) is 11.1. The SMILES string of the molecule is Cc1cc(C)nc(C(=O)c2cccc3c2OCC3)c1. The van der Waals surface area contributed by atoms with Crippen molar-refractivity contribution in [1.29, 1.82) is 0 Å². The third kappa shape index (κ3) is 2.12. The van der Waals surface area contributed by atoms with Crippen LogP contribution in [0.1, 0.15) is 32.9 Å². The van der Waals surface area contributed by atoms with E-state index in [-0.39, 0.29) is 5.78 Å². The van der Waals surface area contributed by atoms with Gasteiger partial charge in [0.1, 0.15) is 11.4 Å². The maximum Gasteiger partial charge on any atom is 0.215 e. The molecule has 3 rings (SSSR count). The van der Waals surface area contributed by atoms with E-state index in [4.69, 9.17) is 4.74 Å². The Kier molecular flexibility index (Phi) is 2.82. The van der Waals surface area contributed by atoms with Crippen molar-refractivity contribution in [3.8, 4) is 5.75 Å². The van der Waals surface area contributed by atoms with Gasteiger partial charge in [0, 0.05) is 12.1 Å². The Morgan fingerprint density at radius 3 is 2.89 bits per heavy atom. The number of fused-ring (bicyclic) bond motifs is 1. The Morgan fingerprint density at radius 1 is 1.26 bits per heavy atom. The van der Waals surface area contributed by atoms with Crippen molar-refractivity contribution >= 4 is 5.78 Å². The number of carbonyl (C=O) groups is 1. The molecule has 1 aliphatic rings. The summed E-state index contributed by atoms with van der Waals surface area (Å²) in [4.78, 5) is 16.9. The Bertz CT molecular complexity index is 642. The Balaban J connectivity index is 2.07. The van der Waals surface area contributed by atoms with E-state index in [0.717, 1.165) is 29.0 Å². The lowest BCUT2D eigenvalue weighted by molar-refractivity contribution is 0.103. The van der Waals surface area contributed by atoms with E-state index in [0.29, 0.717) is 17.9 Å². The molecule has 2 heterocycles. The fourth-order valence-corrected chi connectivity index (χ4v) is 2.49. The number of pyridine rings is 1. The van der Waals surface area contributed by atoms with Crippen molar-refractivity contribution in [2.75, 3.05) is 6.61 Å². The minimum atomic E-state index is -0.0643. The van der Waals surface area contributed by atoms with Crippen molar-refractivity contribution in [2.45, 2.75) is 20.3 Å². The summed E-state index contributed by atoms with van der Waals surface area (Å²) in [6, 6.07) is 9.51. The molecule has 1 aliphatic heterocycles. The third-order valence-electron chi connectivity index (χ3n) is 3.29. The summed E-state index contributed by atoms with van der Waals surface area (Å²) in [6.45, 7) is 4.52. The molecule has 2 aromatic rings. The molecule has 0 amide bonds. The van der Waals surface area contributed by atoms with Gasteiger partial charge < -0.3 is 4.74 Å². The molecule has 1 aromatic heterocycles. The summed E-state index contributed by atoms with van der Waals surface area (Å²) in [6.07, 6.45) is 0.872. The Labute approximate surface area is 112 Å². The fraction of sp³-hybridized carbons (Fsp3) is 0.250. The molecule has 0 saturated heterocycles. The number of ketones is 1. The van der Waals surface area contributed by atoms with Crippen molar-refractivity contribution in [1.82, 2.24) is 4.98 Å². The second-order valence-corrected chi connectivity index (χ2v) is 4.89. The topological polar surface area (TPSA) is 39.2 Å². The number of ether oxygens (including phenoxy) is 1. The maximum absolute atomic E-state index is 12.6. The quantitative estimate of drug-likeness (QED) is 0.772. The number of hydrogen-bond donors (Lipinski definition) is 0. The molecule has 3 heteroatoms. The van der Waals surface area contributed by atoms with E-state index in [9.17, 15) is 4.79 Å². The molecule has 0 unspecified atom stereocenters. The highest BCUT2D eigenvalue weighted by Gasteiger charge is 2.22. The van der Waals surface area contributed by atoms with Crippen LogP contribution in [0.5, 0.6) is 5.75 Å². The van der Waals surface area contributed by atoms with Gasteiger partial charge in [-0.15, -0.1) is 0 Å². The highest BCUT2D eigenvalue weighted by molar-refractivity contribution is 6.10. The largest absolute Gasteiger partial charge is 0.492 e. The summed E-state index contributed by atoms with van der Waals surface area (Å²) in [5, 5.41) is 0. The lowest BCUT2D eigenvalue weighted by Gasteiger charge is -2.07. The normalized spacial score (nSPS) is 12.9. The number of aryl methyl sites for hydroxylation is 2. The predicted octanol–water partition coefficient (Wildman–Crippen LogP) is 2.86. The molecule has 0 aliphatic carbocycles. The molecule has 0 atom stereocenters. The monoisotopic (exact) mass is 253 g/mol. The number of aromatic nitrogens is 1. The van der Waals surface area contributed by atoms with Crippen molar-refractivity contribution in [3.63, 3.8) is 0 Å². The molecule has 0 fully saturated rings. The van der Waals surface area contributed by atoms with E-state index < -0.39 is 0 Å². The summed E-state index contributed by atoms with van der Waals surface area (Å²) in [7, 11) is 0. The second kappa shape index (κ2) is 4.50. The van der Waals surface area contributed by atoms with Crippen LogP contribution in [0.4, 0.5) is 0 Å². The van der Waals surface area contributed by atoms with Crippen molar-refractivity contribution < 1.29 is 9.53 Å². The van der Waals surface area contributed by atoms with Gasteiger partial charge in [0.2, 0.25) is 5.78 Å². The van der Waals surface area contributed by atoms with Crippen LogP contribution < -0.4 is 4.74 Å². The highest BCUT2D eigenvalue weighted by atomic mass is 16.5. The Hall–Kier alpha value is -2.16. The van der Waals surface area contributed by atoms with Gasteiger partial charge in [0.25, 0.3) is 0 Å². The molecular weight excluding hydrogens is 238 g/mol. The van der Waals surface area contributed by atoms with Crippen LogP contribution in [0, 0.1) is 13.8 Å². The number of hydrogen-bond acceptors (Lipinski definition) is 3. The predicted molar refractivity (Wildman–Crippen MR) is 72.8 cm³/mol. The molecule has 3 nitrogen and oxygen atoms in total. The molecule has 0 bridgehead atoms. The minimum Gasteiger partial charge on any atom is -0.492 e. The summed E-state index contributed by atoms with van der Waals surface area (Å²) in [5.74, 6) is 0.666. The highest BCUT2D eigenvalue weighted by Crippen LogP contribution is 2.30. The van der Waals surface area contributed by atoms with Gasteiger partial charge in [-0.1, -0.05) is 12.1 Å². The van der Waals surface area contributed by atoms with E-state index in [1.54, 1.807) is 0 Å². The van der Waals surface area contributed by atoms with E-state index in [2.05, 4.69) is 4.98 Å². The van der Waals surface area contributed by atoms with Gasteiger partial charge in [-0.2, -0.15) is 0 Å². The van der Waals surface area contributed by atoms with E-state index >= 15 is 0 Å². The number of para-hydroxylation sites is 1. The first-order valence-electron chi connectivity index (χ1n) is 6.40. The van der Waals surface area contributed by atoms with Crippen LogP contribution in [-0.4, -0.2) is 17.4 Å². The van der Waals surface area contributed by atoms with Crippen LogP contribution in [0.3, 0.4) is 0 Å². The van der Waals surface area contributed by atoms with Crippen LogP contribution in [0.15, 0.2) is 30.3 Å². The zero-order valence-electron chi connectivity index (χ0n) is 11.1. The summed E-state index contributed by atoms with van der Waals surface area (Å²) >= 11 is 0. The van der Waals surface area contributed by atoms with Crippen molar-refractivity contribution in [3.05, 3.63) is 58.4 Å². The lowest BCUT2D eigenvalue weighted by atomic mass is 10.0. The van der Waals surface area contributed by atoms with Crippen LogP contribution in [0.25, 0.3) is 0 Å². The van der Waals surface area contributed by atoms with Crippen LogP contribution in [-0.2, 0) is 6.42 Å². The molecule has 0 saturated carbocycles. The average molecular weight is 253 g/mol. The molecule has 96 valence electrons. The minimum absolute atomic E-state index is 0.0643. The smallest absolute Gasteiger partial charge is 0.215 e. The van der Waals surface area contributed by atoms with E-state index in [1.807, 2.05) is 44.2 Å². The number of rotatable bonds is 2. The van der Waals surface area contributed by atoms with Gasteiger partial charge in [-0.25, -0.2) is 4.98 Å². The molecule has 0 N–H and O–H groups in total. The standard InChI is InChI=1S/C16H15NO2/c1-10-8-11(2)17-14(9-10)15(18)13-5-3-4-12-6-7-19-16(12)13/h3-5,8-9H,6-7H2,1-2H3. The molecule has 0 spiro atoms. The van der Waals surface area contributed by atoms with Gasteiger partial charge in [-0.3, -0.25) is 4.79 Å². The molecule has 1 aromatic carbocycles. The first-order valence-corrected chi connectivity index (χ1v) is 6.40. The maximum atomic E-state index is 12.6. The average Bonchev–Trinajstić information content (AvgIpc) is 2.84. The second-order valence-electron chi connectivity index (χ2n) is 4.89. The van der Waals surface area contributed by atoms with Gasteiger partial charge >= 0.3 is 0 Å². The summed E-state index contributed by atoms with van der Waals surface area (Å²) < 4.78 is 5.58. The fourth-order valence-electron chi connectivity index (χ4n) is 2.49. The van der Waals surface area contributed by atoms with Crippen LogP contribution in [0.2, 0.25) is 0 Å². The van der Waals surface area contributed by atoms with Crippen LogP contribution >= 0.6 is 0 Å². The van der Waals surface area contributed by atoms with Gasteiger partial charge in [0.15, 0.2) is 0 Å². The summed E-state index contributed by atoms with van der Waals surface area (Å²) in [5.41, 5.74) is 4.12. The first-order chi connectivity index (χ1) is 9.15. The zero-order chi connectivity index (χ0) is 13.4. The van der Waals surface area contributed by atoms with Crippen molar-refractivity contribution in [2.24, 2.45) is 0 Å². The van der Waals surface area contributed by atoms with Gasteiger partial charge in [0.05, 0.1) is 12.2 Å². The number of nitrogens with zero attached hydrogens (tertiary/aromatic N) is 1. The number of benzene rings is 1. The first kappa shape index (κ1) is 11.9. The lowest BCUT2D eigenvalue weighted by Crippen LogP contribution is -2.07. The molecule has 19 heavy (non-hydrogen) atoms. The molecular formula is C16H15NO2. The molecule has 0 radical (unpaired) electrons. The van der Waals surface area contributed by atoms with E-state index in [1.165, 1.54) is 0 Å². The third-order valence-corrected chi connectivity index (χ3v) is 3.29.